The zero-order chi connectivity index (χ0) is 18.8. The highest BCUT2D eigenvalue weighted by Gasteiger charge is 2.27. The van der Waals surface area contributed by atoms with Gasteiger partial charge in [-0.1, -0.05) is 24.0 Å². The van der Waals surface area contributed by atoms with Crippen molar-refractivity contribution in [1.29, 1.82) is 0 Å². The van der Waals surface area contributed by atoms with E-state index in [4.69, 9.17) is 4.74 Å². The SMILES string of the molecule is COc1cc[nH]c1/C=C1\C(=O)Nc2cccc(C#CC(O)c3cccs3)c21. The molecule has 134 valence electrons. The second-order valence-electron chi connectivity index (χ2n) is 5.89. The third kappa shape index (κ3) is 3.26. The third-order valence-corrected chi connectivity index (χ3v) is 5.16. The van der Waals surface area contributed by atoms with E-state index in [1.54, 1.807) is 25.4 Å². The lowest BCUT2D eigenvalue weighted by molar-refractivity contribution is -0.110. The summed E-state index contributed by atoms with van der Waals surface area (Å²) in [6, 6.07) is 11.0. The molecule has 2 aromatic heterocycles. The van der Waals surface area contributed by atoms with Crippen LogP contribution in [0.4, 0.5) is 5.69 Å². The van der Waals surface area contributed by atoms with Gasteiger partial charge in [0.2, 0.25) is 0 Å². The zero-order valence-electron chi connectivity index (χ0n) is 14.4. The van der Waals surface area contributed by atoms with Gasteiger partial charge in [-0.25, -0.2) is 0 Å². The van der Waals surface area contributed by atoms with Crippen molar-refractivity contribution in [2.75, 3.05) is 12.4 Å². The summed E-state index contributed by atoms with van der Waals surface area (Å²) < 4.78 is 5.30. The number of thiophene rings is 1. The molecule has 1 aliphatic heterocycles. The van der Waals surface area contributed by atoms with E-state index in [1.807, 2.05) is 35.7 Å². The molecule has 0 aliphatic carbocycles. The molecule has 0 radical (unpaired) electrons. The monoisotopic (exact) mass is 376 g/mol. The maximum Gasteiger partial charge on any atom is 0.256 e. The van der Waals surface area contributed by atoms with Crippen molar-refractivity contribution in [3.8, 4) is 17.6 Å². The Morgan fingerprint density at radius 2 is 2.15 bits per heavy atom. The zero-order valence-corrected chi connectivity index (χ0v) is 15.3. The fourth-order valence-electron chi connectivity index (χ4n) is 2.96. The number of aliphatic hydroxyl groups excluding tert-OH is 1. The second kappa shape index (κ2) is 7.16. The first-order valence-corrected chi connectivity index (χ1v) is 9.16. The van der Waals surface area contributed by atoms with Crippen LogP contribution in [0.3, 0.4) is 0 Å². The van der Waals surface area contributed by atoms with Crippen LogP contribution in [0.25, 0.3) is 11.6 Å². The molecule has 0 spiro atoms. The molecule has 1 amide bonds. The second-order valence-corrected chi connectivity index (χ2v) is 6.87. The molecule has 0 saturated carbocycles. The molecule has 0 bridgehead atoms. The normalized spacial score (nSPS) is 15.0. The van der Waals surface area contributed by atoms with Crippen LogP contribution in [0, 0.1) is 11.8 Å². The molecule has 6 heteroatoms. The maximum absolute atomic E-state index is 12.5. The molecule has 0 saturated heterocycles. The summed E-state index contributed by atoms with van der Waals surface area (Å²) in [5, 5.41) is 15.0. The number of H-pyrrole nitrogens is 1. The van der Waals surface area contributed by atoms with Gasteiger partial charge in [0.05, 0.1) is 24.1 Å². The van der Waals surface area contributed by atoms with Crippen LogP contribution < -0.4 is 10.1 Å². The number of aromatic amines is 1. The van der Waals surface area contributed by atoms with Crippen molar-refractivity contribution in [3.05, 3.63) is 69.7 Å². The van der Waals surface area contributed by atoms with Gasteiger partial charge < -0.3 is 20.1 Å². The molecular formula is C21H16N2O3S. The van der Waals surface area contributed by atoms with E-state index in [9.17, 15) is 9.90 Å². The first-order chi connectivity index (χ1) is 13.2. The number of methoxy groups -OCH3 is 1. The van der Waals surface area contributed by atoms with Crippen molar-refractivity contribution >= 4 is 34.6 Å². The van der Waals surface area contributed by atoms with E-state index in [0.29, 0.717) is 28.3 Å². The molecule has 3 heterocycles. The Kier molecular flexibility index (Phi) is 4.55. The van der Waals surface area contributed by atoms with E-state index in [2.05, 4.69) is 22.1 Å². The Morgan fingerprint density at radius 3 is 2.93 bits per heavy atom. The van der Waals surface area contributed by atoms with Crippen molar-refractivity contribution in [1.82, 2.24) is 4.98 Å². The van der Waals surface area contributed by atoms with E-state index in [1.165, 1.54) is 11.3 Å². The number of aromatic nitrogens is 1. The first-order valence-electron chi connectivity index (χ1n) is 8.28. The van der Waals surface area contributed by atoms with Crippen LogP contribution in [-0.4, -0.2) is 23.1 Å². The van der Waals surface area contributed by atoms with Crippen LogP contribution >= 0.6 is 11.3 Å². The van der Waals surface area contributed by atoms with Gasteiger partial charge in [-0.05, 0) is 35.7 Å². The van der Waals surface area contributed by atoms with Crippen LogP contribution in [-0.2, 0) is 4.79 Å². The summed E-state index contributed by atoms with van der Waals surface area (Å²) in [5.74, 6) is 6.34. The Hall–Kier alpha value is -3.27. The van der Waals surface area contributed by atoms with Crippen molar-refractivity contribution in [3.63, 3.8) is 0 Å². The highest BCUT2D eigenvalue weighted by atomic mass is 32.1. The molecule has 1 aromatic carbocycles. The standard InChI is InChI=1S/C21H16N2O3S/c1-26-18-9-10-22-16(18)12-14-20-13(4-2-5-15(20)23-21(14)25)7-8-17(24)19-6-3-11-27-19/h2-6,9-12,17,22,24H,1H3,(H,23,25)/b14-12-. The molecule has 1 aliphatic rings. The Morgan fingerprint density at radius 1 is 1.26 bits per heavy atom. The number of hydrogen-bond acceptors (Lipinski definition) is 4. The molecule has 3 aromatic rings. The molecule has 1 atom stereocenters. The number of anilines is 1. The fourth-order valence-corrected chi connectivity index (χ4v) is 3.62. The maximum atomic E-state index is 12.5. The van der Waals surface area contributed by atoms with Gasteiger partial charge in [0.15, 0.2) is 0 Å². The number of carbonyl (C=O) groups excluding carboxylic acids is 1. The Balaban J connectivity index is 1.76. The van der Waals surface area contributed by atoms with Crippen LogP contribution in [0.2, 0.25) is 0 Å². The van der Waals surface area contributed by atoms with Gasteiger partial charge in [0.25, 0.3) is 5.91 Å². The largest absolute Gasteiger partial charge is 0.495 e. The average Bonchev–Trinajstić information content (AvgIpc) is 3.40. The summed E-state index contributed by atoms with van der Waals surface area (Å²) in [6.07, 6.45) is 2.64. The Bertz CT molecular complexity index is 1080. The van der Waals surface area contributed by atoms with Gasteiger partial charge in [0, 0.05) is 22.2 Å². The molecule has 5 nitrogen and oxygen atoms in total. The summed E-state index contributed by atoms with van der Waals surface area (Å²) >= 11 is 1.45. The summed E-state index contributed by atoms with van der Waals surface area (Å²) in [4.78, 5) is 16.4. The number of amides is 1. The topological polar surface area (TPSA) is 74.4 Å². The summed E-state index contributed by atoms with van der Waals surface area (Å²) in [5.41, 5.74) is 3.32. The molecule has 1 unspecified atom stereocenters. The van der Waals surface area contributed by atoms with Crippen molar-refractivity contribution in [2.45, 2.75) is 6.10 Å². The summed E-state index contributed by atoms with van der Waals surface area (Å²) in [7, 11) is 1.58. The third-order valence-electron chi connectivity index (χ3n) is 4.23. The van der Waals surface area contributed by atoms with Crippen molar-refractivity contribution < 1.29 is 14.6 Å². The first kappa shape index (κ1) is 17.2. The van der Waals surface area contributed by atoms with E-state index in [-0.39, 0.29) is 5.91 Å². The van der Waals surface area contributed by atoms with Gasteiger partial charge in [-0.3, -0.25) is 4.79 Å². The van der Waals surface area contributed by atoms with Gasteiger partial charge in [-0.2, -0.15) is 0 Å². The van der Waals surface area contributed by atoms with E-state index < -0.39 is 6.10 Å². The van der Waals surface area contributed by atoms with E-state index >= 15 is 0 Å². The quantitative estimate of drug-likeness (QED) is 0.482. The van der Waals surface area contributed by atoms with Crippen molar-refractivity contribution in [2.24, 2.45) is 0 Å². The minimum atomic E-state index is -0.859. The number of aliphatic hydroxyl groups is 1. The minimum absolute atomic E-state index is 0.199. The lowest BCUT2D eigenvalue weighted by Gasteiger charge is -2.04. The number of ether oxygens (including phenoxy) is 1. The van der Waals surface area contributed by atoms with Gasteiger partial charge in [-0.15, -0.1) is 11.3 Å². The number of carbonyl (C=O) groups is 1. The number of fused-ring (bicyclic) bond motifs is 1. The highest BCUT2D eigenvalue weighted by molar-refractivity contribution is 7.10. The highest BCUT2D eigenvalue weighted by Crippen LogP contribution is 2.36. The number of rotatable bonds is 3. The lowest BCUT2D eigenvalue weighted by atomic mass is 9.99. The molecule has 0 fully saturated rings. The molecular weight excluding hydrogens is 360 g/mol. The molecule has 3 N–H and O–H groups in total. The minimum Gasteiger partial charge on any atom is -0.495 e. The van der Waals surface area contributed by atoms with Gasteiger partial charge >= 0.3 is 0 Å². The number of nitrogens with one attached hydrogen (secondary N) is 2. The van der Waals surface area contributed by atoms with Crippen LogP contribution in [0.15, 0.2) is 48.0 Å². The molecule has 4 rings (SSSR count). The fraction of sp³-hybridized carbons (Fsp3) is 0.0952. The van der Waals surface area contributed by atoms with Crippen LogP contribution in [0.1, 0.15) is 27.8 Å². The molecule has 27 heavy (non-hydrogen) atoms. The van der Waals surface area contributed by atoms with Crippen LogP contribution in [0.5, 0.6) is 5.75 Å². The smallest absolute Gasteiger partial charge is 0.256 e. The predicted molar refractivity (Wildman–Crippen MR) is 106 cm³/mol. The average molecular weight is 376 g/mol. The van der Waals surface area contributed by atoms with E-state index in [0.717, 1.165) is 10.4 Å². The lowest BCUT2D eigenvalue weighted by Crippen LogP contribution is -2.03. The van der Waals surface area contributed by atoms with Gasteiger partial charge in [0.1, 0.15) is 11.9 Å². The summed E-state index contributed by atoms with van der Waals surface area (Å²) in [6.45, 7) is 0. The Labute approximate surface area is 160 Å². The predicted octanol–water partition coefficient (Wildman–Crippen LogP) is 3.66. The number of benzene rings is 1. The number of hydrogen-bond donors (Lipinski definition) is 3.